The second-order valence-electron chi connectivity index (χ2n) is 31.6. The number of nitrogens with zero attached hydrogens (tertiary/aromatic N) is 1. The van der Waals surface area contributed by atoms with Gasteiger partial charge in [-0.2, -0.15) is 0 Å². The van der Waals surface area contributed by atoms with Gasteiger partial charge in [0.15, 0.2) is 6.10 Å². The number of rotatable bonds is 84. The van der Waals surface area contributed by atoms with Gasteiger partial charge in [-0.1, -0.05) is 443 Å². The summed E-state index contributed by atoms with van der Waals surface area (Å²) in [7, 11) is 1.20. The highest BCUT2D eigenvalue weighted by Crippen LogP contribution is 2.38. The second kappa shape index (κ2) is 79.6. The normalized spacial score (nSPS) is 13.0. The number of esters is 2. The lowest BCUT2D eigenvalue weighted by atomic mass is 10.0. The first-order chi connectivity index (χ1) is 48.0. The van der Waals surface area contributed by atoms with Crippen molar-refractivity contribution in [3.8, 4) is 0 Å². The molecule has 0 fully saturated rings. The van der Waals surface area contributed by atoms with Crippen LogP contribution in [0.2, 0.25) is 0 Å². The lowest BCUT2D eigenvalue weighted by Gasteiger charge is -2.28. The molecule has 98 heavy (non-hydrogen) atoms. The van der Waals surface area contributed by atoms with Crippen LogP contribution in [0.3, 0.4) is 0 Å². The van der Waals surface area contributed by atoms with Gasteiger partial charge in [-0.3, -0.25) is 14.2 Å². The highest BCUT2D eigenvalue weighted by molar-refractivity contribution is 7.45. The molecule has 0 aliphatic rings. The van der Waals surface area contributed by atoms with Crippen molar-refractivity contribution in [1.29, 1.82) is 0 Å². The Balaban J connectivity index is 3.84. The summed E-state index contributed by atoms with van der Waals surface area (Å²) in [6.07, 6.45) is 104. The fourth-order valence-corrected chi connectivity index (χ4v) is 14.5. The molecule has 0 saturated carbocycles. The molecule has 0 aliphatic heterocycles. The van der Waals surface area contributed by atoms with Gasteiger partial charge < -0.3 is 27.9 Å². The number of quaternary nitrogens is 1. The third kappa shape index (κ3) is 83.4. The van der Waals surface area contributed by atoms with Crippen LogP contribution in [0.15, 0.2) is 24.3 Å². The molecule has 0 amide bonds. The van der Waals surface area contributed by atoms with E-state index in [1.165, 1.54) is 405 Å². The van der Waals surface area contributed by atoms with Crippen LogP contribution in [0.5, 0.6) is 0 Å². The number of likely N-dealkylation sites (N-methyl/N-ethyl adjacent to an activating group) is 1. The third-order valence-corrected chi connectivity index (χ3v) is 21.4. The average Bonchev–Trinajstić information content (AvgIpc) is 1.23. The largest absolute Gasteiger partial charge is 0.756 e. The van der Waals surface area contributed by atoms with Gasteiger partial charge in [-0.05, 0) is 44.9 Å². The maximum atomic E-state index is 12.9. The van der Waals surface area contributed by atoms with Crippen molar-refractivity contribution in [1.82, 2.24) is 0 Å². The van der Waals surface area contributed by atoms with Crippen LogP contribution in [0, 0.1) is 0 Å². The van der Waals surface area contributed by atoms with E-state index >= 15 is 0 Å². The first-order valence-electron chi connectivity index (χ1n) is 44.0. The smallest absolute Gasteiger partial charge is 0.306 e. The number of hydrogen-bond acceptors (Lipinski definition) is 8. The van der Waals surface area contributed by atoms with Crippen molar-refractivity contribution >= 4 is 19.8 Å². The minimum absolute atomic E-state index is 0.0258. The zero-order valence-corrected chi connectivity index (χ0v) is 67.7. The lowest BCUT2D eigenvalue weighted by Crippen LogP contribution is -2.37. The highest BCUT2D eigenvalue weighted by Gasteiger charge is 2.22. The van der Waals surface area contributed by atoms with Crippen molar-refractivity contribution in [2.75, 3.05) is 47.5 Å². The summed E-state index contributed by atoms with van der Waals surface area (Å²) in [6.45, 7) is 4.33. The quantitative estimate of drug-likeness (QED) is 0.0195. The van der Waals surface area contributed by atoms with E-state index in [0.717, 1.165) is 38.5 Å². The van der Waals surface area contributed by atoms with Gasteiger partial charge in [0.1, 0.15) is 19.8 Å². The molecule has 0 heterocycles. The van der Waals surface area contributed by atoms with Crippen LogP contribution >= 0.6 is 7.82 Å². The van der Waals surface area contributed by atoms with Crippen molar-refractivity contribution in [2.45, 2.75) is 482 Å². The fraction of sp³-hybridized carbons (Fsp3) is 0.932. The molecule has 9 nitrogen and oxygen atoms in total. The molecule has 2 atom stereocenters. The van der Waals surface area contributed by atoms with E-state index in [4.69, 9.17) is 18.5 Å². The van der Waals surface area contributed by atoms with Crippen LogP contribution < -0.4 is 4.89 Å². The molecule has 0 rings (SSSR count). The average molecular weight is 1400 g/mol. The number of ether oxygens (including phenoxy) is 2. The number of unbranched alkanes of at least 4 members (excludes halogenated alkanes) is 66. The summed E-state index contributed by atoms with van der Waals surface area (Å²) < 4.78 is 34.5. The summed E-state index contributed by atoms with van der Waals surface area (Å²) in [4.78, 5) is 38.2. The minimum atomic E-state index is -4.64. The Hall–Kier alpha value is -1.51. The maximum Gasteiger partial charge on any atom is 0.306 e. The molecule has 0 radical (unpaired) electrons. The zero-order valence-electron chi connectivity index (χ0n) is 66.8. The van der Waals surface area contributed by atoms with Gasteiger partial charge in [-0.15, -0.1) is 0 Å². The molecule has 0 saturated heterocycles. The van der Waals surface area contributed by atoms with Crippen molar-refractivity contribution in [3.63, 3.8) is 0 Å². The predicted molar refractivity (Wildman–Crippen MR) is 425 cm³/mol. The number of phosphoric acid groups is 1. The van der Waals surface area contributed by atoms with Gasteiger partial charge in [-0.25, -0.2) is 0 Å². The monoisotopic (exact) mass is 1400 g/mol. The number of hydrogen-bond donors (Lipinski definition) is 0. The first-order valence-corrected chi connectivity index (χ1v) is 45.5. The molecule has 0 aliphatic carbocycles. The number of allylic oxidation sites excluding steroid dienone is 4. The van der Waals surface area contributed by atoms with Crippen molar-refractivity contribution < 1.29 is 42.1 Å². The van der Waals surface area contributed by atoms with E-state index in [2.05, 4.69) is 38.2 Å². The zero-order chi connectivity index (χ0) is 71.1. The molecule has 2 unspecified atom stereocenters. The van der Waals surface area contributed by atoms with E-state index in [1.54, 1.807) is 0 Å². The summed E-state index contributed by atoms with van der Waals surface area (Å²) >= 11 is 0. The standard InChI is InChI=1S/C88H172NO8P/c1-6-8-10-12-14-16-18-20-22-24-26-28-30-32-34-36-38-40-42-43-44-45-47-49-51-53-55-57-59-61-63-65-67-69-71-73-75-77-79-81-88(91)97-86(85-96-98(92,93)95-83-82-89(3,4)5)84-94-87(90)80-78-76-74-72-70-68-66-64-62-60-58-56-54-52-50-48-46-41-39-37-35-33-31-29-27-25-23-21-19-17-15-13-11-9-7-2/h18,20,24,26,86H,6-17,19,21-23,25,27-85H2,1-5H3/b20-18-,26-24-. The highest BCUT2D eigenvalue weighted by atomic mass is 31.2. The fourth-order valence-electron chi connectivity index (χ4n) is 13.8. The van der Waals surface area contributed by atoms with E-state index in [9.17, 15) is 19.0 Å². The topological polar surface area (TPSA) is 111 Å². The van der Waals surface area contributed by atoms with Crippen LogP contribution in [0.4, 0.5) is 0 Å². The Labute approximate surface area is 612 Å². The van der Waals surface area contributed by atoms with Gasteiger partial charge >= 0.3 is 11.9 Å². The Bertz CT molecular complexity index is 1700. The molecule has 0 spiro atoms. The molecule has 0 aromatic carbocycles. The van der Waals surface area contributed by atoms with Gasteiger partial charge in [0.2, 0.25) is 0 Å². The van der Waals surface area contributed by atoms with E-state index < -0.39 is 26.5 Å². The van der Waals surface area contributed by atoms with Crippen LogP contribution in [0.25, 0.3) is 0 Å². The Morgan fingerprint density at radius 3 is 0.806 bits per heavy atom. The summed E-state index contributed by atoms with van der Waals surface area (Å²) in [5, 5.41) is 0. The summed E-state index contributed by atoms with van der Waals surface area (Å²) in [5.41, 5.74) is 0. The van der Waals surface area contributed by atoms with E-state index in [1.807, 2.05) is 21.1 Å². The number of phosphoric ester groups is 1. The molecule has 10 heteroatoms. The van der Waals surface area contributed by atoms with Crippen molar-refractivity contribution in [3.05, 3.63) is 24.3 Å². The van der Waals surface area contributed by atoms with Crippen LogP contribution in [-0.2, 0) is 32.7 Å². The minimum Gasteiger partial charge on any atom is -0.756 e. The molecule has 0 bridgehead atoms. The first kappa shape index (κ1) is 96.5. The molecule has 0 aromatic heterocycles. The Morgan fingerprint density at radius 1 is 0.316 bits per heavy atom. The SMILES string of the molecule is CCCCCCC/C=C\C/C=C\CCCCCCCCCCCCCCCCCCCCCCCCCCCCCC(=O)OC(COC(=O)CCCCCCCCCCCCCCCCCCCCCCCCCCCCCCCCCCCCC)COP(=O)([O-])OCC[N+](C)(C)C. The third-order valence-electron chi connectivity index (χ3n) is 20.5. The molecule has 0 aromatic rings. The molecule has 0 N–H and O–H groups in total. The lowest BCUT2D eigenvalue weighted by molar-refractivity contribution is -0.870. The van der Waals surface area contributed by atoms with Crippen LogP contribution in [-0.4, -0.2) is 70.0 Å². The van der Waals surface area contributed by atoms with E-state index in [-0.39, 0.29) is 32.0 Å². The summed E-state index contributed by atoms with van der Waals surface area (Å²) in [6, 6.07) is 0. The summed E-state index contributed by atoms with van der Waals surface area (Å²) in [5.74, 6) is -0.801. The van der Waals surface area contributed by atoms with Gasteiger partial charge in [0.25, 0.3) is 7.82 Å². The van der Waals surface area contributed by atoms with Gasteiger partial charge in [0.05, 0.1) is 27.7 Å². The molecular weight excluding hydrogens is 1230 g/mol. The van der Waals surface area contributed by atoms with E-state index in [0.29, 0.717) is 17.4 Å². The number of carbonyl (C=O) groups is 2. The van der Waals surface area contributed by atoms with Crippen molar-refractivity contribution in [2.24, 2.45) is 0 Å². The van der Waals surface area contributed by atoms with Gasteiger partial charge in [0, 0.05) is 12.8 Å². The molecular formula is C88H172NO8P. The number of carbonyl (C=O) groups excluding carboxylic acids is 2. The Morgan fingerprint density at radius 2 is 0.551 bits per heavy atom. The molecule has 582 valence electrons. The predicted octanol–water partition coefficient (Wildman–Crippen LogP) is 28.9. The Kier molecular flexibility index (Phi) is 78.4. The maximum absolute atomic E-state index is 12.9. The van der Waals surface area contributed by atoms with Crippen LogP contribution in [0.1, 0.15) is 476 Å². The second-order valence-corrected chi connectivity index (χ2v) is 33.0.